The summed E-state index contributed by atoms with van der Waals surface area (Å²) in [6, 6.07) is 9.41. The van der Waals surface area contributed by atoms with Crippen LogP contribution in [0.5, 0.6) is 5.75 Å². The Morgan fingerprint density at radius 3 is 2.60 bits per heavy atom. The molecule has 0 radical (unpaired) electrons. The molecule has 4 rings (SSSR count). The monoisotopic (exact) mass is 433 g/mol. The highest BCUT2D eigenvalue weighted by Crippen LogP contribution is 2.40. The van der Waals surface area contributed by atoms with Crippen LogP contribution in [0, 0.1) is 0 Å². The summed E-state index contributed by atoms with van der Waals surface area (Å²) in [7, 11) is 0. The van der Waals surface area contributed by atoms with Gasteiger partial charge >= 0.3 is 12.1 Å². The molecule has 0 saturated carbocycles. The summed E-state index contributed by atoms with van der Waals surface area (Å²) < 4.78 is 52.4. The summed E-state index contributed by atoms with van der Waals surface area (Å²) in [5.74, 6) is -2.06. The number of nitrogens with zero attached hydrogens (tertiary/aromatic N) is 1. The number of para-hydroxylation sites is 1. The van der Waals surface area contributed by atoms with Gasteiger partial charge in [-0.05, 0) is 30.2 Å². The number of aromatic nitrogens is 1. The van der Waals surface area contributed by atoms with Crippen LogP contribution in [0.2, 0.25) is 0 Å². The summed E-state index contributed by atoms with van der Waals surface area (Å²) in [6.07, 6.45) is -4.61. The molecular weight excluding hydrogens is 419 g/mol. The number of rotatable bonds is 3. The van der Waals surface area contributed by atoms with Crippen LogP contribution in [0.25, 0.3) is 31.8 Å². The number of carbonyl (C=O) groups excluding carboxylic acids is 1. The van der Waals surface area contributed by atoms with Crippen molar-refractivity contribution in [2.75, 3.05) is 0 Å². The maximum absolute atomic E-state index is 13.8. The first-order chi connectivity index (χ1) is 14.2. The zero-order chi connectivity index (χ0) is 21.6. The maximum atomic E-state index is 13.8. The minimum atomic E-state index is -4.93. The van der Waals surface area contributed by atoms with Crippen molar-refractivity contribution in [3.05, 3.63) is 57.9 Å². The molecule has 0 bridgehead atoms. The Balaban J connectivity index is 2.09. The van der Waals surface area contributed by atoms with E-state index in [2.05, 4.69) is 4.98 Å². The molecule has 2 aromatic carbocycles. The van der Waals surface area contributed by atoms with E-state index in [1.165, 1.54) is 13.0 Å². The van der Waals surface area contributed by atoms with E-state index >= 15 is 0 Å². The number of hydrogen-bond acceptors (Lipinski definition) is 6. The lowest BCUT2D eigenvalue weighted by Gasteiger charge is -2.13. The number of alkyl halides is 3. The molecule has 0 spiro atoms. The number of thiazole rings is 1. The van der Waals surface area contributed by atoms with Crippen molar-refractivity contribution in [3.8, 4) is 16.3 Å². The summed E-state index contributed by atoms with van der Waals surface area (Å²) in [5.41, 5.74) is -0.840. The predicted octanol–water partition coefficient (Wildman–Crippen LogP) is 5.58. The molecule has 0 N–H and O–H groups in total. The first-order valence-corrected chi connectivity index (χ1v) is 9.76. The van der Waals surface area contributed by atoms with E-state index in [9.17, 15) is 22.8 Å². The molecule has 0 aliphatic rings. The van der Waals surface area contributed by atoms with Gasteiger partial charge in [0.25, 0.3) is 0 Å². The Labute approximate surface area is 171 Å². The molecule has 5 nitrogen and oxygen atoms in total. The van der Waals surface area contributed by atoms with Crippen LogP contribution in [-0.2, 0) is 17.4 Å². The van der Waals surface area contributed by atoms with Gasteiger partial charge in [0.05, 0.1) is 15.6 Å². The maximum Gasteiger partial charge on any atom is 0.450 e. The quantitative estimate of drug-likeness (QED) is 0.312. The zero-order valence-corrected chi connectivity index (χ0v) is 16.6. The molecular formula is C21H14F3NO4S. The van der Waals surface area contributed by atoms with Gasteiger partial charge in [0.1, 0.15) is 21.9 Å². The molecule has 0 saturated heterocycles. The lowest BCUT2D eigenvalue weighted by molar-refractivity contribution is -0.152. The Bertz CT molecular complexity index is 1320. The molecule has 0 amide bonds. The second kappa shape index (κ2) is 7.24. The number of fused-ring (bicyclic) bond motifs is 2. The molecule has 2 heterocycles. The highest BCUT2D eigenvalue weighted by molar-refractivity contribution is 7.21. The molecule has 154 valence electrons. The first-order valence-electron chi connectivity index (χ1n) is 8.94. The fraction of sp³-hybridized carbons (Fsp3) is 0.190. The zero-order valence-electron chi connectivity index (χ0n) is 15.8. The Morgan fingerprint density at radius 1 is 1.23 bits per heavy atom. The SMILES string of the molecule is CCc1cc(OC(C)=O)cc2oc(C(F)(F)F)c(-c3nc4ccccc4s3)c(=O)c12. The molecule has 30 heavy (non-hydrogen) atoms. The predicted molar refractivity (Wildman–Crippen MR) is 107 cm³/mol. The van der Waals surface area contributed by atoms with Crippen molar-refractivity contribution in [2.24, 2.45) is 0 Å². The average molecular weight is 433 g/mol. The fourth-order valence-electron chi connectivity index (χ4n) is 3.25. The van der Waals surface area contributed by atoms with E-state index in [1.54, 1.807) is 31.2 Å². The molecule has 0 aliphatic carbocycles. The lowest BCUT2D eigenvalue weighted by atomic mass is 10.0. The van der Waals surface area contributed by atoms with Gasteiger partial charge < -0.3 is 9.15 Å². The largest absolute Gasteiger partial charge is 0.450 e. The van der Waals surface area contributed by atoms with Crippen LogP contribution in [0.4, 0.5) is 13.2 Å². The third-order valence-corrected chi connectivity index (χ3v) is 5.51. The molecule has 0 aliphatic heterocycles. The minimum absolute atomic E-state index is 0.00987. The van der Waals surface area contributed by atoms with Crippen molar-refractivity contribution in [2.45, 2.75) is 26.4 Å². The van der Waals surface area contributed by atoms with Crippen molar-refractivity contribution in [1.82, 2.24) is 4.98 Å². The second-order valence-corrected chi connectivity index (χ2v) is 7.55. The fourth-order valence-corrected chi connectivity index (χ4v) is 4.25. The molecule has 9 heteroatoms. The van der Waals surface area contributed by atoms with Crippen LogP contribution in [-0.4, -0.2) is 11.0 Å². The summed E-state index contributed by atoms with van der Waals surface area (Å²) in [5, 5.41) is -0.0547. The molecule has 4 aromatic rings. The van der Waals surface area contributed by atoms with E-state index in [0.29, 0.717) is 22.2 Å². The topological polar surface area (TPSA) is 69.4 Å². The summed E-state index contributed by atoms with van der Waals surface area (Å²) >= 11 is 0.988. The molecule has 0 fully saturated rings. The third-order valence-electron chi connectivity index (χ3n) is 4.46. The van der Waals surface area contributed by atoms with Gasteiger partial charge in [0.2, 0.25) is 11.2 Å². The third kappa shape index (κ3) is 3.45. The van der Waals surface area contributed by atoms with E-state index in [0.717, 1.165) is 17.4 Å². The van der Waals surface area contributed by atoms with Crippen LogP contribution in [0.3, 0.4) is 0 Å². The van der Waals surface area contributed by atoms with Gasteiger partial charge in [-0.1, -0.05) is 19.1 Å². The van der Waals surface area contributed by atoms with Crippen LogP contribution in [0.15, 0.2) is 45.6 Å². The number of halogens is 3. The number of ether oxygens (including phenoxy) is 1. The van der Waals surface area contributed by atoms with Crippen molar-refractivity contribution in [1.29, 1.82) is 0 Å². The highest BCUT2D eigenvalue weighted by Gasteiger charge is 2.40. The standard InChI is InChI=1S/C21H14F3NO4S/c1-3-11-8-12(28-10(2)26)9-14-16(11)18(27)17(19(29-14)21(22,23)24)20-25-13-6-4-5-7-15(13)30-20/h4-9H,3H2,1-2H3. The second-order valence-electron chi connectivity index (χ2n) is 6.52. The number of aryl methyl sites for hydroxylation is 1. The Hall–Kier alpha value is -3.20. The van der Waals surface area contributed by atoms with Gasteiger partial charge in [0, 0.05) is 13.0 Å². The Morgan fingerprint density at radius 2 is 1.97 bits per heavy atom. The van der Waals surface area contributed by atoms with Gasteiger partial charge in [-0.25, -0.2) is 4.98 Å². The molecule has 0 atom stereocenters. The van der Waals surface area contributed by atoms with Crippen LogP contribution >= 0.6 is 11.3 Å². The van der Waals surface area contributed by atoms with Gasteiger partial charge in [-0.3, -0.25) is 9.59 Å². The number of hydrogen-bond donors (Lipinski definition) is 0. The van der Waals surface area contributed by atoms with E-state index < -0.39 is 28.9 Å². The average Bonchev–Trinajstić information content (AvgIpc) is 3.09. The van der Waals surface area contributed by atoms with Gasteiger partial charge in [-0.15, -0.1) is 11.3 Å². The van der Waals surface area contributed by atoms with Gasteiger partial charge in [-0.2, -0.15) is 13.2 Å². The minimum Gasteiger partial charge on any atom is -0.450 e. The van der Waals surface area contributed by atoms with E-state index in [1.807, 2.05) is 0 Å². The smallest absolute Gasteiger partial charge is 0.450 e. The van der Waals surface area contributed by atoms with Crippen molar-refractivity contribution in [3.63, 3.8) is 0 Å². The molecule has 2 aromatic heterocycles. The van der Waals surface area contributed by atoms with E-state index in [4.69, 9.17) is 9.15 Å². The first kappa shape index (κ1) is 20.1. The van der Waals surface area contributed by atoms with Gasteiger partial charge in [0.15, 0.2) is 0 Å². The van der Waals surface area contributed by atoms with Crippen molar-refractivity contribution < 1.29 is 27.1 Å². The van der Waals surface area contributed by atoms with Crippen molar-refractivity contribution >= 4 is 38.5 Å². The Kier molecular flexibility index (Phi) is 4.85. The number of esters is 1. The number of carbonyl (C=O) groups is 1. The van der Waals surface area contributed by atoms with E-state index in [-0.39, 0.29) is 21.7 Å². The summed E-state index contributed by atoms with van der Waals surface area (Å²) in [4.78, 5) is 28.8. The van der Waals surface area contributed by atoms with Crippen LogP contribution < -0.4 is 10.2 Å². The lowest BCUT2D eigenvalue weighted by Crippen LogP contribution is -2.17. The normalized spacial score (nSPS) is 11.9. The van der Waals surface area contributed by atoms with Crippen LogP contribution in [0.1, 0.15) is 25.2 Å². The summed E-state index contributed by atoms with van der Waals surface area (Å²) in [6.45, 7) is 2.91. The molecule has 0 unspecified atom stereocenters. The number of benzene rings is 2. The highest BCUT2D eigenvalue weighted by atomic mass is 32.1.